The van der Waals surface area contributed by atoms with Crippen molar-refractivity contribution in [1.29, 1.82) is 0 Å². The monoisotopic (exact) mass is 333 g/mol. The van der Waals surface area contributed by atoms with Gasteiger partial charge in [0.2, 0.25) is 5.91 Å². The number of thiocarbonyl (C=S) groups is 1. The lowest BCUT2D eigenvalue weighted by Crippen LogP contribution is -2.47. The first-order chi connectivity index (χ1) is 11.1. The predicted molar refractivity (Wildman–Crippen MR) is 99.6 cm³/mol. The SMILES string of the molecule is CCc1ccccc1NC(=O)CNC(=S)N[C@H]1CCCC[C@H]1C. The maximum Gasteiger partial charge on any atom is 0.243 e. The smallest absolute Gasteiger partial charge is 0.243 e. The normalized spacial score (nSPS) is 20.6. The highest BCUT2D eigenvalue weighted by molar-refractivity contribution is 7.80. The van der Waals surface area contributed by atoms with Gasteiger partial charge >= 0.3 is 0 Å². The van der Waals surface area contributed by atoms with Gasteiger partial charge in [-0.2, -0.15) is 0 Å². The molecule has 2 atom stereocenters. The Kier molecular flexibility index (Phi) is 6.84. The summed E-state index contributed by atoms with van der Waals surface area (Å²) in [6.45, 7) is 4.52. The zero-order valence-corrected chi connectivity index (χ0v) is 14.8. The number of carbonyl (C=O) groups is 1. The second kappa shape index (κ2) is 8.87. The van der Waals surface area contributed by atoms with Gasteiger partial charge < -0.3 is 16.0 Å². The second-order valence-corrected chi connectivity index (χ2v) is 6.66. The molecule has 0 aliphatic heterocycles. The van der Waals surface area contributed by atoms with E-state index in [-0.39, 0.29) is 12.5 Å². The largest absolute Gasteiger partial charge is 0.360 e. The Bertz CT molecular complexity index is 547. The van der Waals surface area contributed by atoms with Crippen LogP contribution in [-0.2, 0) is 11.2 Å². The summed E-state index contributed by atoms with van der Waals surface area (Å²) in [6, 6.07) is 8.29. The van der Waals surface area contributed by atoms with Crippen LogP contribution in [0.25, 0.3) is 0 Å². The molecule has 4 nitrogen and oxygen atoms in total. The van der Waals surface area contributed by atoms with Gasteiger partial charge in [0.1, 0.15) is 0 Å². The van der Waals surface area contributed by atoms with Crippen LogP contribution in [0.15, 0.2) is 24.3 Å². The van der Waals surface area contributed by atoms with Crippen molar-refractivity contribution in [2.45, 2.75) is 52.0 Å². The van der Waals surface area contributed by atoms with Gasteiger partial charge in [0, 0.05) is 11.7 Å². The van der Waals surface area contributed by atoms with Crippen LogP contribution < -0.4 is 16.0 Å². The number of rotatable bonds is 5. The number of nitrogens with one attached hydrogen (secondary N) is 3. The van der Waals surface area contributed by atoms with E-state index in [1.807, 2.05) is 24.3 Å². The second-order valence-electron chi connectivity index (χ2n) is 6.25. The van der Waals surface area contributed by atoms with Gasteiger partial charge in [-0.3, -0.25) is 4.79 Å². The maximum atomic E-state index is 12.1. The summed E-state index contributed by atoms with van der Waals surface area (Å²) in [4.78, 5) is 12.1. The van der Waals surface area contributed by atoms with Crippen molar-refractivity contribution in [3.05, 3.63) is 29.8 Å². The first-order valence-corrected chi connectivity index (χ1v) is 8.93. The lowest BCUT2D eigenvalue weighted by atomic mass is 9.86. The number of carbonyl (C=O) groups excluding carboxylic acids is 1. The number of amides is 1. The zero-order chi connectivity index (χ0) is 16.7. The molecule has 0 radical (unpaired) electrons. The fourth-order valence-electron chi connectivity index (χ4n) is 3.06. The molecular formula is C18H27N3OS. The molecule has 1 aliphatic rings. The highest BCUT2D eigenvalue weighted by Crippen LogP contribution is 2.23. The zero-order valence-electron chi connectivity index (χ0n) is 14.0. The summed E-state index contributed by atoms with van der Waals surface area (Å²) in [6.07, 6.45) is 5.84. The first-order valence-electron chi connectivity index (χ1n) is 8.52. The standard InChI is InChI=1S/C18H27N3OS/c1-3-14-9-5-7-11-16(14)20-17(22)12-19-18(23)21-15-10-6-4-8-13(15)2/h5,7,9,11,13,15H,3-4,6,8,10,12H2,1-2H3,(H,20,22)(H2,19,21,23)/t13-,15+/m1/s1. The summed E-state index contributed by atoms with van der Waals surface area (Å²) in [5.41, 5.74) is 2.01. The van der Waals surface area contributed by atoms with Crippen LogP contribution in [0.2, 0.25) is 0 Å². The average molecular weight is 334 g/mol. The minimum absolute atomic E-state index is 0.0771. The van der Waals surface area contributed by atoms with E-state index in [4.69, 9.17) is 12.2 Å². The molecule has 1 saturated carbocycles. The van der Waals surface area contributed by atoms with Crippen LogP contribution in [0.1, 0.15) is 45.1 Å². The molecule has 0 unspecified atom stereocenters. The van der Waals surface area contributed by atoms with Crippen LogP contribution in [0, 0.1) is 5.92 Å². The third kappa shape index (κ3) is 5.50. The Labute approximate surface area is 144 Å². The molecule has 1 aromatic carbocycles. The van der Waals surface area contributed by atoms with Gasteiger partial charge in [0.25, 0.3) is 0 Å². The molecule has 0 heterocycles. The Morgan fingerprint density at radius 3 is 2.74 bits per heavy atom. The molecule has 0 aromatic heterocycles. The molecule has 5 heteroatoms. The lowest BCUT2D eigenvalue weighted by molar-refractivity contribution is -0.115. The Morgan fingerprint density at radius 1 is 1.26 bits per heavy atom. The van der Waals surface area contributed by atoms with Crippen molar-refractivity contribution in [1.82, 2.24) is 10.6 Å². The van der Waals surface area contributed by atoms with Crippen LogP contribution in [0.4, 0.5) is 5.69 Å². The third-order valence-electron chi connectivity index (χ3n) is 4.51. The Hall–Kier alpha value is -1.62. The molecule has 1 amide bonds. The highest BCUT2D eigenvalue weighted by Gasteiger charge is 2.21. The van der Waals surface area contributed by atoms with E-state index in [2.05, 4.69) is 29.8 Å². The molecule has 1 aromatic rings. The molecule has 1 fully saturated rings. The van der Waals surface area contributed by atoms with E-state index in [1.54, 1.807) is 0 Å². The van der Waals surface area contributed by atoms with E-state index >= 15 is 0 Å². The fourth-order valence-corrected chi connectivity index (χ4v) is 3.28. The Morgan fingerprint density at radius 2 is 2.00 bits per heavy atom. The Balaban J connectivity index is 1.76. The molecule has 0 saturated heterocycles. The van der Waals surface area contributed by atoms with E-state index in [1.165, 1.54) is 19.3 Å². The van der Waals surface area contributed by atoms with E-state index in [9.17, 15) is 4.79 Å². The maximum absolute atomic E-state index is 12.1. The molecule has 0 spiro atoms. The van der Waals surface area contributed by atoms with Gasteiger partial charge in [0.15, 0.2) is 5.11 Å². The minimum Gasteiger partial charge on any atom is -0.360 e. The van der Waals surface area contributed by atoms with E-state index in [0.29, 0.717) is 17.1 Å². The summed E-state index contributed by atoms with van der Waals surface area (Å²) >= 11 is 5.32. The average Bonchev–Trinajstić information content (AvgIpc) is 2.55. The van der Waals surface area contributed by atoms with Crippen LogP contribution in [-0.4, -0.2) is 23.6 Å². The van der Waals surface area contributed by atoms with Gasteiger partial charge in [0.05, 0.1) is 6.54 Å². The van der Waals surface area contributed by atoms with Crippen LogP contribution in [0.5, 0.6) is 0 Å². The molecule has 0 bridgehead atoms. The van der Waals surface area contributed by atoms with E-state index < -0.39 is 0 Å². The van der Waals surface area contributed by atoms with Crippen LogP contribution >= 0.6 is 12.2 Å². The number of benzene rings is 1. The molecular weight excluding hydrogens is 306 g/mol. The predicted octanol–water partition coefficient (Wildman–Crippen LogP) is 3.23. The number of aryl methyl sites for hydroxylation is 1. The van der Waals surface area contributed by atoms with Gasteiger partial charge in [-0.1, -0.05) is 44.9 Å². The van der Waals surface area contributed by atoms with Crippen molar-refractivity contribution in [3.63, 3.8) is 0 Å². The van der Waals surface area contributed by atoms with Crippen LogP contribution in [0.3, 0.4) is 0 Å². The number of para-hydroxylation sites is 1. The van der Waals surface area contributed by atoms with Gasteiger partial charge in [-0.25, -0.2) is 0 Å². The molecule has 1 aliphatic carbocycles. The van der Waals surface area contributed by atoms with Gasteiger partial charge in [-0.15, -0.1) is 0 Å². The van der Waals surface area contributed by atoms with E-state index in [0.717, 1.165) is 24.1 Å². The van der Waals surface area contributed by atoms with Crippen molar-refractivity contribution < 1.29 is 4.79 Å². The summed E-state index contributed by atoms with van der Waals surface area (Å²) in [7, 11) is 0. The fraction of sp³-hybridized carbons (Fsp3) is 0.556. The van der Waals surface area contributed by atoms with Crippen molar-refractivity contribution >= 4 is 28.9 Å². The lowest BCUT2D eigenvalue weighted by Gasteiger charge is -2.30. The molecule has 126 valence electrons. The summed E-state index contributed by atoms with van der Waals surface area (Å²) in [5.74, 6) is 0.556. The molecule has 23 heavy (non-hydrogen) atoms. The quantitative estimate of drug-likeness (QED) is 0.724. The molecule has 3 N–H and O–H groups in total. The van der Waals surface area contributed by atoms with Crippen molar-refractivity contribution in [2.24, 2.45) is 5.92 Å². The highest BCUT2D eigenvalue weighted by atomic mass is 32.1. The number of hydrogen-bond donors (Lipinski definition) is 3. The van der Waals surface area contributed by atoms with Crippen molar-refractivity contribution in [3.8, 4) is 0 Å². The van der Waals surface area contributed by atoms with Gasteiger partial charge in [-0.05, 0) is 49.0 Å². The summed E-state index contributed by atoms with van der Waals surface area (Å²) < 4.78 is 0. The number of anilines is 1. The minimum atomic E-state index is -0.0771. The topological polar surface area (TPSA) is 53.2 Å². The summed E-state index contributed by atoms with van der Waals surface area (Å²) in [5, 5.41) is 9.88. The first kappa shape index (κ1) is 17.7. The number of hydrogen-bond acceptors (Lipinski definition) is 2. The van der Waals surface area contributed by atoms with Crippen molar-refractivity contribution in [2.75, 3.05) is 11.9 Å². The third-order valence-corrected chi connectivity index (χ3v) is 4.77. The molecule has 2 rings (SSSR count).